The van der Waals surface area contributed by atoms with Crippen molar-refractivity contribution in [2.24, 2.45) is 0 Å². The number of carbonyl (C=O) groups excluding carboxylic acids is 2. The van der Waals surface area contributed by atoms with E-state index in [0.717, 1.165) is 16.7 Å². The number of nitrogens with zero attached hydrogens (tertiary/aromatic N) is 2. The average Bonchev–Trinajstić information content (AvgIpc) is 2.77. The monoisotopic (exact) mass is 387 g/mol. The lowest BCUT2D eigenvalue weighted by Crippen LogP contribution is -2.47. The van der Waals surface area contributed by atoms with Crippen molar-refractivity contribution < 1.29 is 9.59 Å². The summed E-state index contributed by atoms with van der Waals surface area (Å²) in [5.74, 6) is -0.259. The predicted molar refractivity (Wildman–Crippen MR) is 113 cm³/mol. The molecule has 0 saturated carbocycles. The predicted octanol–water partition coefficient (Wildman–Crippen LogP) is 3.36. The fourth-order valence-corrected chi connectivity index (χ4v) is 3.07. The smallest absolute Gasteiger partial charge is 0.242 e. The van der Waals surface area contributed by atoms with E-state index in [1.54, 1.807) is 24.2 Å². The Hall–Kier alpha value is -3.47. The van der Waals surface area contributed by atoms with E-state index in [-0.39, 0.29) is 18.2 Å². The molecule has 1 heterocycles. The third-order valence-electron chi connectivity index (χ3n) is 4.78. The zero-order chi connectivity index (χ0) is 20.5. The Labute approximate surface area is 171 Å². The molecule has 0 unspecified atom stereocenters. The Kier molecular flexibility index (Phi) is 7.11. The van der Waals surface area contributed by atoms with Crippen molar-refractivity contribution in [1.29, 1.82) is 0 Å². The van der Waals surface area contributed by atoms with Crippen LogP contribution in [0.15, 0.2) is 85.2 Å². The van der Waals surface area contributed by atoms with Crippen LogP contribution in [0.1, 0.15) is 23.6 Å². The average molecular weight is 387 g/mol. The number of aromatic nitrogens is 1. The van der Waals surface area contributed by atoms with E-state index >= 15 is 0 Å². The van der Waals surface area contributed by atoms with Crippen molar-refractivity contribution >= 4 is 11.8 Å². The summed E-state index contributed by atoms with van der Waals surface area (Å²) in [4.78, 5) is 31.5. The molecule has 2 amide bonds. The van der Waals surface area contributed by atoms with Gasteiger partial charge < -0.3 is 10.2 Å². The summed E-state index contributed by atoms with van der Waals surface area (Å²) in [6.07, 6.45) is 3.64. The first-order valence-electron chi connectivity index (χ1n) is 9.67. The first-order chi connectivity index (χ1) is 14.1. The lowest BCUT2D eigenvalue weighted by atomic mass is 10.1. The molecule has 0 saturated heterocycles. The molecule has 5 heteroatoms. The topological polar surface area (TPSA) is 62.3 Å². The Bertz CT molecular complexity index is 915. The molecule has 3 rings (SSSR count). The second-order valence-electron chi connectivity index (χ2n) is 6.92. The van der Waals surface area contributed by atoms with Gasteiger partial charge in [0.05, 0.1) is 6.42 Å². The molecule has 0 aliphatic heterocycles. The van der Waals surface area contributed by atoms with Crippen LogP contribution in [-0.2, 0) is 29.1 Å². The van der Waals surface area contributed by atoms with Crippen LogP contribution in [0.25, 0.3) is 0 Å². The van der Waals surface area contributed by atoms with E-state index in [1.165, 1.54) is 0 Å². The molecule has 0 radical (unpaired) electrons. The summed E-state index contributed by atoms with van der Waals surface area (Å²) in [5, 5.41) is 2.92. The molecule has 0 spiro atoms. The highest BCUT2D eigenvalue weighted by atomic mass is 16.2. The van der Waals surface area contributed by atoms with Crippen LogP contribution in [0.2, 0.25) is 0 Å². The standard InChI is InChI=1S/C24H25N3O2/c1-19(24(29)26-17-21-12-14-25-15-13-21)27(18-22-10-6-3-7-11-22)23(28)16-20-8-4-2-5-9-20/h2-15,19H,16-18H2,1H3,(H,26,29)/t19-/m1/s1. The molecule has 0 aliphatic rings. The zero-order valence-electron chi connectivity index (χ0n) is 16.5. The third-order valence-corrected chi connectivity index (χ3v) is 4.78. The summed E-state index contributed by atoms with van der Waals surface area (Å²) >= 11 is 0. The largest absolute Gasteiger partial charge is 0.350 e. The second-order valence-corrected chi connectivity index (χ2v) is 6.92. The maximum absolute atomic E-state index is 13.1. The second kappa shape index (κ2) is 10.2. The summed E-state index contributed by atoms with van der Waals surface area (Å²) in [7, 11) is 0. The Morgan fingerprint density at radius 1 is 0.862 bits per heavy atom. The van der Waals surface area contributed by atoms with Gasteiger partial charge in [-0.3, -0.25) is 14.6 Å². The Balaban J connectivity index is 1.71. The van der Waals surface area contributed by atoms with Crippen molar-refractivity contribution in [2.75, 3.05) is 0 Å². The van der Waals surface area contributed by atoms with Crippen LogP contribution in [0.3, 0.4) is 0 Å². The minimum atomic E-state index is -0.590. The molecule has 0 bridgehead atoms. The molecule has 1 N–H and O–H groups in total. The van der Waals surface area contributed by atoms with Gasteiger partial charge in [0.1, 0.15) is 6.04 Å². The van der Waals surface area contributed by atoms with Gasteiger partial charge in [0.2, 0.25) is 11.8 Å². The fourth-order valence-electron chi connectivity index (χ4n) is 3.07. The molecule has 1 atom stereocenters. The number of nitrogens with one attached hydrogen (secondary N) is 1. The normalized spacial score (nSPS) is 11.5. The Morgan fingerprint density at radius 2 is 1.45 bits per heavy atom. The summed E-state index contributed by atoms with van der Waals surface area (Å²) < 4.78 is 0. The first-order valence-corrected chi connectivity index (χ1v) is 9.67. The van der Waals surface area contributed by atoms with Crippen LogP contribution < -0.4 is 5.32 Å². The number of hydrogen-bond acceptors (Lipinski definition) is 3. The summed E-state index contributed by atoms with van der Waals surface area (Å²) in [6.45, 7) is 2.56. The minimum Gasteiger partial charge on any atom is -0.350 e. The number of amides is 2. The Morgan fingerprint density at radius 3 is 2.07 bits per heavy atom. The van der Waals surface area contributed by atoms with E-state index in [9.17, 15) is 9.59 Å². The number of carbonyl (C=O) groups is 2. The van der Waals surface area contributed by atoms with Crippen molar-refractivity contribution in [2.45, 2.75) is 32.5 Å². The highest BCUT2D eigenvalue weighted by Gasteiger charge is 2.26. The van der Waals surface area contributed by atoms with Crippen LogP contribution >= 0.6 is 0 Å². The van der Waals surface area contributed by atoms with E-state index in [4.69, 9.17) is 0 Å². The van der Waals surface area contributed by atoms with Gasteiger partial charge in [-0.25, -0.2) is 0 Å². The van der Waals surface area contributed by atoms with E-state index in [1.807, 2.05) is 72.8 Å². The van der Waals surface area contributed by atoms with E-state index in [0.29, 0.717) is 13.1 Å². The maximum Gasteiger partial charge on any atom is 0.242 e. The first kappa shape index (κ1) is 20.3. The van der Waals surface area contributed by atoms with Crippen LogP contribution in [-0.4, -0.2) is 27.7 Å². The minimum absolute atomic E-state index is 0.0772. The molecule has 29 heavy (non-hydrogen) atoms. The van der Waals surface area contributed by atoms with Crippen LogP contribution in [0.4, 0.5) is 0 Å². The molecule has 3 aromatic rings. The molecule has 148 valence electrons. The summed E-state index contributed by atoms with van der Waals surface area (Å²) in [6, 6.07) is 22.4. The number of benzene rings is 2. The third kappa shape index (κ3) is 6.01. The van der Waals surface area contributed by atoms with Crippen LogP contribution in [0.5, 0.6) is 0 Å². The number of rotatable bonds is 8. The molecule has 2 aromatic carbocycles. The van der Waals surface area contributed by atoms with Gasteiger partial charge in [-0.15, -0.1) is 0 Å². The van der Waals surface area contributed by atoms with Gasteiger partial charge in [0, 0.05) is 25.5 Å². The molecule has 1 aromatic heterocycles. The lowest BCUT2D eigenvalue weighted by molar-refractivity contribution is -0.140. The molecular weight excluding hydrogens is 362 g/mol. The van der Waals surface area contributed by atoms with Crippen molar-refractivity contribution in [3.05, 3.63) is 102 Å². The number of pyridine rings is 1. The highest BCUT2D eigenvalue weighted by molar-refractivity contribution is 5.88. The SMILES string of the molecule is C[C@H](C(=O)NCc1ccncc1)N(Cc1ccccc1)C(=O)Cc1ccccc1. The van der Waals surface area contributed by atoms with Crippen molar-refractivity contribution in [3.8, 4) is 0 Å². The van der Waals surface area contributed by atoms with Gasteiger partial charge in [-0.2, -0.15) is 0 Å². The quantitative estimate of drug-likeness (QED) is 0.645. The van der Waals surface area contributed by atoms with Gasteiger partial charge in [0.15, 0.2) is 0 Å². The number of hydrogen-bond donors (Lipinski definition) is 1. The van der Waals surface area contributed by atoms with Gasteiger partial charge in [-0.1, -0.05) is 60.7 Å². The van der Waals surface area contributed by atoms with Gasteiger partial charge in [0.25, 0.3) is 0 Å². The van der Waals surface area contributed by atoms with Crippen LogP contribution in [0, 0.1) is 0 Å². The maximum atomic E-state index is 13.1. The summed E-state index contributed by atoms with van der Waals surface area (Å²) in [5.41, 5.74) is 2.88. The van der Waals surface area contributed by atoms with Gasteiger partial charge in [-0.05, 0) is 35.7 Å². The molecule has 0 aliphatic carbocycles. The van der Waals surface area contributed by atoms with E-state index in [2.05, 4.69) is 10.3 Å². The molecular formula is C24H25N3O2. The van der Waals surface area contributed by atoms with Crippen molar-refractivity contribution in [1.82, 2.24) is 15.2 Å². The highest BCUT2D eigenvalue weighted by Crippen LogP contribution is 2.12. The van der Waals surface area contributed by atoms with E-state index < -0.39 is 6.04 Å². The molecule has 5 nitrogen and oxygen atoms in total. The fraction of sp³-hybridized carbons (Fsp3) is 0.208. The zero-order valence-corrected chi connectivity index (χ0v) is 16.5. The van der Waals surface area contributed by atoms with Gasteiger partial charge >= 0.3 is 0 Å². The van der Waals surface area contributed by atoms with Crippen molar-refractivity contribution in [3.63, 3.8) is 0 Å². The molecule has 0 fully saturated rings. The lowest BCUT2D eigenvalue weighted by Gasteiger charge is -2.29.